The maximum atomic E-state index is 13.3. The van der Waals surface area contributed by atoms with Gasteiger partial charge in [-0.3, -0.25) is 14.2 Å². The predicted octanol–water partition coefficient (Wildman–Crippen LogP) is 4.23. The van der Waals surface area contributed by atoms with Crippen molar-refractivity contribution in [3.05, 3.63) is 34.4 Å². The quantitative estimate of drug-likeness (QED) is 0.606. The Balaban J connectivity index is 1.73. The standard InChI is InChI=1S/C18H20F7N5O/c1-2-11(30-12-5-3-4-9(12)14(28-30)18(23,24)25)17(31)26-6-7-29-13(16(21)22)8-10(27-29)15(19)20/h8,11,15-16H,2-7H2,1H3,(H,26,31)/t11-/m1/s1. The Morgan fingerprint density at radius 1 is 1.16 bits per heavy atom. The zero-order chi connectivity index (χ0) is 22.9. The number of carbonyl (C=O) groups is 1. The lowest BCUT2D eigenvalue weighted by Gasteiger charge is -2.18. The Kier molecular flexibility index (Phi) is 6.60. The third kappa shape index (κ3) is 4.69. The molecule has 1 amide bonds. The van der Waals surface area contributed by atoms with Crippen molar-refractivity contribution in [3.8, 4) is 0 Å². The summed E-state index contributed by atoms with van der Waals surface area (Å²) in [5.41, 5.74) is -2.06. The van der Waals surface area contributed by atoms with Gasteiger partial charge in [-0.2, -0.15) is 23.4 Å². The van der Waals surface area contributed by atoms with Crippen molar-refractivity contribution >= 4 is 5.91 Å². The molecule has 2 aromatic heterocycles. The first-order chi connectivity index (χ1) is 14.5. The Bertz CT molecular complexity index is 935. The van der Waals surface area contributed by atoms with Gasteiger partial charge in [0.05, 0.1) is 6.54 Å². The molecule has 6 nitrogen and oxygen atoms in total. The van der Waals surface area contributed by atoms with Crippen molar-refractivity contribution in [2.24, 2.45) is 0 Å². The van der Waals surface area contributed by atoms with Gasteiger partial charge in [-0.05, 0) is 31.7 Å². The van der Waals surface area contributed by atoms with Gasteiger partial charge in [0.15, 0.2) is 5.69 Å². The summed E-state index contributed by atoms with van der Waals surface area (Å²) in [4.78, 5) is 12.6. The van der Waals surface area contributed by atoms with Crippen molar-refractivity contribution in [1.82, 2.24) is 24.9 Å². The first-order valence-corrected chi connectivity index (χ1v) is 9.63. The largest absolute Gasteiger partial charge is 0.435 e. The Hall–Kier alpha value is -2.60. The van der Waals surface area contributed by atoms with Crippen LogP contribution in [0.5, 0.6) is 0 Å². The second kappa shape index (κ2) is 8.87. The van der Waals surface area contributed by atoms with E-state index in [4.69, 9.17) is 0 Å². The van der Waals surface area contributed by atoms with E-state index in [-0.39, 0.29) is 31.5 Å². The smallest absolute Gasteiger partial charge is 0.352 e. The lowest BCUT2D eigenvalue weighted by atomic mass is 10.1. The second-order valence-electron chi connectivity index (χ2n) is 7.10. The summed E-state index contributed by atoms with van der Waals surface area (Å²) < 4.78 is 93.1. The van der Waals surface area contributed by atoms with Crippen LogP contribution in [0.15, 0.2) is 6.07 Å². The van der Waals surface area contributed by atoms with Crippen LogP contribution in [0.3, 0.4) is 0 Å². The maximum Gasteiger partial charge on any atom is 0.435 e. The fourth-order valence-electron chi connectivity index (χ4n) is 3.74. The molecule has 31 heavy (non-hydrogen) atoms. The summed E-state index contributed by atoms with van der Waals surface area (Å²) in [6.07, 6.45) is -9.43. The molecular weight excluding hydrogens is 435 g/mol. The third-order valence-corrected chi connectivity index (χ3v) is 5.11. The first-order valence-electron chi connectivity index (χ1n) is 9.63. The number of hydrogen-bond acceptors (Lipinski definition) is 3. The average Bonchev–Trinajstić information content (AvgIpc) is 3.37. The van der Waals surface area contributed by atoms with Crippen molar-refractivity contribution < 1.29 is 35.5 Å². The summed E-state index contributed by atoms with van der Waals surface area (Å²) >= 11 is 0. The molecule has 0 radical (unpaired) electrons. The molecule has 3 rings (SSSR count). The Labute approximate surface area is 172 Å². The minimum Gasteiger partial charge on any atom is -0.352 e. The number of nitrogens with zero attached hydrogens (tertiary/aromatic N) is 4. The lowest BCUT2D eigenvalue weighted by Crippen LogP contribution is -2.35. The zero-order valence-electron chi connectivity index (χ0n) is 16.4. The predicted molar refractivity (Wildman–Crippen MR) is 93.7 cm³/mol. The van der Waals surface area contributed by atoms with Crippen LogP contribution in [0.2, 0.25) is 0 Å². The number of carbonyl (C=O) groups excluding carboxylic acids is 1. The van der Waals surface area contributed by atoms with Gasteiger partial charge in [-0.25, -0.2) is 17.6 Å². The highest BCUT2D eigenvalue weighted by molar-refractivity contribution is 5.80. The molecule has 2 heterocycles. The van der Waals surface area contributed by atoms with Crippen LogP contribution in [-0.4, -0.2) is 32.0 Å². The lowest BCUT2D eigenvalue weighted by molar-refractivity contribution is -0.142. The zero-order valence-corrected chi connectivity index (χ0v) is 16.4. The van der Waals surface area contributed by atoms with Crippen molar-refractivity contribution in [2.75, 3.05) is 6.54 Å². The van der Waals surface area contributed by atoms with E-state index in [9.17, 15) is 35.5 Å². The van der Waals surface area contributed by atoms with Gasteiger partial charge in [0, 0.05) is 17.8 Å². The van der Waals surface area contributed by atoms with Crippen molar-refractivity contribution in [2.45, 2.75) is 64.2 Å². The highest BCUT2D eigenvalue weighted by Crippen LogP contribution is 2.37. The van der Waals surface area contributed by atoms with E-state index in [0.29, 0.717) is 29.3 Å². The Morgan fingerprint density at radius 2 is 1.87 bits per heavy atom. The number of alkyl halides is 7. The number of hydrogen-bond donors (Lipinski definition) is 1. The number of rotatable bonds is 8. The number of amides is 1. The van der Waals surface area contributed by atoms with E-state index in [2.05, 4.69) is 15.5 Å². The first kappa shape index (κ1) is 23.1. The van der Waals surface area contributed by atoms with Gasteiger partial charge in [-0.15, -0.1) is 0 Å². The van der Waals surface area contributed by atoms with Crippen molar-refractivity contribution in [3.63, 3.8) is 0 Å². The fourth-order valence-corrected chi connectivity index (χ4v) is 3.74. The number of aromatic nitrogens is 4. The van der Waals surface area contributed by atoms with Crippen LogP contribution in [0.4, 0.5) is 30.7 Å². The monoisotopic (exact) mass is 455 g/mol. The van der Waals surface area contributed by atoms with E-state index in [1.54, 1.807) is 6.92 Å². The SMILES string of the molecule is CC[C@H](C(=O)NCCn1nc(C(F)F)cc1C(F)F)n1nc(C(F)(F)F)c2c1CCC2. The Morgan fingerprint density at radius 3 is 2.45 bits per heavy atom. The molecule has 1 atom stereocenters. The van der Waals surface area contributed by atoms with E-state index >= 15 is 0 Å². The molecule has 0 bridgehead atoms. The third-order valence-electron chi connectivity index (χ3n) is 5.11. The minimum atomic E-state index is -4.64. The molecule has 0 aliphatic heterocycles. The molecule has 0 saturated carbocycles. The highest BCUT2D eigenvalue weighted by atomic mass is 19.4. The van der Waals surface area contributed by atoms with Gasteiger partial charge < -0.3 is 5.32 Å². The number of halogens is 7. The summed E-state index contributed by atoms with van der Waals surface area (Å²) in [6.45, 7) is 1.08. The molecule has 1 N–H and O–H groups in total. The molecule has 1 aliphatic rings. The fraction of sp³-hybridized carbons (Fsp3) is 0.611. The van der Waals surface area contributed by atoms with E-state index in [1.807, 2.05) is 0 Å². The molecule has 2 aromatic rings. The summed E-state index contributed by atoms with van der Waals surface area (Å²) in [7, 11) is 0. The molecule has 1 aliphatic carbocycles. The van der Waals surface area contributed by atoms with Gasteiger partial charge in [0.25, 0.3) is 12.9 Å². The molecule has 0 fully saturated rings. The van der Waals surface area contributed by atoms with Crippen LogP contribution in [0, 0.1) is 0 Å². The molecular formula is C18H20F7N5O. The van der Waals surface area contributed by atoms with Crippen LogP contribution in [0.1, 0.15) is 67.0 Å². The van der Waals surface area contributed by atoms with Crippen LogP contribution >= 0.6 is 0 Å². The van der Waals surface area contributed by atoms with Gasteiger partial charge in [0.2, 0.25) is 5.91 Å². The van der Waals surface area contributed by atoms with Crippen LogP contribution < -0.4 is 5.32 Å². The molecule has 13 heteroatoms. The topological polar surface area (TPSA) is 64.7 Å². The summed E-state index contributed by atoms with van der Waals surface area (Å²) in [5.74, 6) is -0.645. The average molecular weight is 455 g/mol. The second-order valence-corrected chi connectivity index (χ2v) is 7.10. The van der Waals surface area contributed by atoms with E-state index in [0.717, 1.165) is 4.68 Å². The van der Waals surface area contributed by atoms with Gasteiger partial charge in [0.1, 0.15) is 17.4 Å². The molecule has 0 unspecified atom stereocenters. The molecule has 0 spiro atoms. The molecule has 172 valence electrons. The highest BCUT2D eigenvalue weighted by Gasteiger charge is 2.41. The maximum absolute atomic E-state index is 13.3. The normalized spacial score (nSPS) is 15.0. The van der Waals surface area contributed by atoms with Crippen molar-refractivity contribution in [1.29, 1.82) is 0 Å². The molecule has 0 aromatic carbocycles. The minimum absolute atomic E-state index is 0.0939. The van der Waals surface area contributed by atoms with E-state index < -0.39 is 48.1 Å². The number of nitrogens with one attached hydrogen (secondary N) is 1. The number of fused-ring (bicyclic) bond motifs is 1. The summed E-state index contributed by atoms with van der Waals surface area (Å²) in [5, 5.41) is 9.52. The van der Waals surface area contributed by atoms with Crippen LogP contribution in [-0.2, 0) is 30.4 Å². The van der Waals surface area contributed by atoms with E-state index in [1.165, 1.54) is 0 Å². The van der Waals surface area contributed by atoms with Crippen LogP contribution in [0.25, 0.3) is 0 Å². The molecule has 0 saturated heterocycles. The van der Waals surface area contributed by atoms with Gasteiger partial charge in [-0.1, -0.05) is 6.92 Å². The van der Waals surface area contributed by atoms with Gasteiger partial charge >= 0.3 is 6.18 Å². The summed E-state index contributed by atoms with van der Waals surface area (Å²) in [6, 6.07) is -0.427.